The molecule has 4 aliphatic rings. The smallest absolute Gasteiger partial charge is 0.238 e. The van der Waals surface area contributed by atoms with E-state index in [9.17, 15) is 28.7 Å². The van der Waals surface area contributed by atoms with Crippen LogP contribution in [0.5, 0.6) is 5.75 Å². The minimum Gasteiger partial charge on any atom is -0.505 e. The molecule has 38 heavy (non-hydrogen) atoms. The summed E-state index contributed by atoms with van der Waals surface area (Å²) in [6.07, 6.45) is 5.17. The number of nitrogens with zero attached hydrogens (tertiary/aromatic N) is 1. The predicted molar refractivity (Wildman–Crippen MR) is 138 cm³/mol. The Labute approximate surface area is 218 Å². The molecule has 0 saturated carbocycles. The van der Waals surface area contributed by atoms with Gasteiger partial charge in [0.15, 0.2) is 23.1 Å². The average molecular weight is 510 g/mol. The fraction of sp³-hybridized carbons (Fsp3) is 0.226. The summed E-state index contributed by atoms with van der Waals surface area (Å²) in [6.45, 7) is 5.28. The van der Waals surface area contributed by atoms with Crippen molar-refractivity contribution in [2.24, 2.45) is 17.8 Å². The highest BCUT2D eigenvalue weighted by Crippen LogP contribution is 2.56. The molecule has 3 aliphatic carbocycles. The lowest BCUT2D eigenvalue weighted by atomic mass is 9.59. The third-order valence-corrected chi connectivity index (χ3v) is 8.28. The summed E-state index contributed by atoms with van der Waals surface area (Å²) in [5.74, 6) is -5.62. The molecule has 190 valence electrons. The number of Topliss-reactive ketones (excluding diaryl/α,β-unsaturated/α-hetero) is 1. The van der Waals surface area contributed by atoms with Crippen LogP contribution in [0, 0.1) is 23.6 Å². The van der Waals surface area contributed by atoms with Crippen LogP contribution >= 0.6 is 0 Å². The van der Waals surface area contributed by atoms with Crippen molar-refractivity contribution in [3.8, 4) is 5.75 Å². The van der Waals surface area contributed by atoms with Crippen molar-refractivity contribution in [3.63, 3.8) is 0 Å². The van der Waals surface area contributed by atoms with Crippen LogP contribution in [-0.2, 0) is 19.2 Å². The van der Waals surface area contributed by atoms with Gasteiger partial charge in [-0.05, 0) is 55.5 Å². The fourth-order valence-corrected chi connectivity index (χ4v) is 6.50. The van der Waals surface area contributed by atoms with Crippen molar-refractivity contribution in [3.05, 3.63) is 100 Å². The van der Waals surface area contributed by atoms with Crippen molar-refractivity contribution >= 4 is 35.1 Å². The molecule has 1 heterocycles. The van der Waals surface area contributed by atoms with Gasteiger partial charge in [0.05, 0.1) is 17.5 Å². The second-order valence-corrected chi connectivity index (χ2v) is 10.2. The first-order valence-electron chi connectivity index (χ1n) is 12.5. The van der Waals surface area contributed by atoms with Crippen molar-refractivity contribution in [1.82, 2.24) is 0 Å². The van der Waals surface area contributed by atoms with Gasteiger partial charge in [0.25, 0.3) is 0 Å². The number of hydrogen-bond acceptors (Lipinski definition) is 5. The number of amides is 2. The van der Waals surface area contributed by atoms with Crippen LogP contribution in [-0.4, -0.2) is 28.5 Å². The Bertz CT molecular complexity index is 1560. The number of phenols is 1. The average Bonchev–Trinajstić information content (AvgIpc) is 3.17. The summed E-state index contributed by atoms with van der Waals surface area (Å²) in [4.78, 5) is 55.1. The van der Waals surface area contributed by atoms with E-state index in [4.69, 9.17) is 0 Å². The van der Waals surface area contributed by atoms with Gasteiger partial charge in [0, 0.05) is 28.2 Å². The summed E-state index contributed by atoms with van der Waals surface area (Å²) < 4.78 is 14.5. The van der Waals surface area contributed by atoms with Gasteiger partial charge >= 0.3 is 0 Å². The maximum atomic E-state index is 14.5. The number of para-hydroxylation sites is 1. The second-order valence-electron chi connectivity index (χ2n) is 10.2. The molecule has 0 bridgehead atoms. The van der Waals surface area contributed by atoms with Gasteiger partial charge in [-0.3, -0.25) is 24.1 Å². The summed E-state index contributed by atoms with van der Waals surface area (Å²) in [5, 5.41) is 10.7. The number of benzene rings is 2. The molecular weight excluding hydrogens is 485 g/mol. The standard InChI is InChI=1S/C31H24FNO5/c1-3-16-7-9-17(10-8-16)33-30(37)20-12-11-18-21(26(20)31(33)38)14-22-24(34)13-15(2)28(35)27(22)25(18)19-5-4-6-23(32)29(19)36/h3-11,13,20-21,25-26,36H,1,12,14H2,2H3. The number of allylic oxidation sites excluding steroid dienone is 6. The fourth-order valence-electron chi connectivity index (χ4n) is 6.50. The number of anilines is 1. The number of imide groups is 1. The van der Waals surface area contributed by atoms with Crippen molar-refractivity contribution in [2.45, 2.75) is 25.7 Å². The SMILES string of the molecule is C=Cc1ccc(N2C(=O)C3CC=C4C(c5cccc(F)c5O)C5=C(CC4C3C2=O)C(=O)C=C(C)C5=O)cc1. The number of halogens is 1. The normalized spacial score (nSPS) is 26.5. The van der Waals surface area contributed by atoms with E-state index in [1.54, 1.807) is 37.3 Å². The van der Waals surface area contributed by atoms with E-state index in [1.165, 1.54) is 23.1 Å². The zero-order valence-corrected chi connectivity index (χ0v) is 20.6. The van der Waals surface area contributed by atoms with E-state index in [0.717, 1.165) is 11.6 Å². The van der Waals surface area contributed by atoms with E-state index >= 15 is 0 Å². The van der Waals surface area contributed by atoms with E-state index < -0.39 is 35.2 Å². The highest BCUT2D eigenvalue weighted by Gasteiger charge is 2.56. The van der Waals surface area contributed by atoms with Crippen LogP contribution in [0.25, 0.3) is 6.08 Å². The molecule has 0 radical (unpaired) electrons. The molecule has 1 N–H and O–H groups in total. The summed E-state index contributed by atoms with van der Waals surface area (Å²) >= 11 is 0. The van der Waals surface area contributed by atoms with Gasteiger partial charge in [-0.25, -0.2) is 4.39 Å². The zero-order valence-electron chi connectivity index (χ0n) is 20.6. The number of aromatic hydroxyl groups is 1. The maximum absolute atomic E-state index is 14.5. The summed E-state index contributed by atoms with van der Waals surface area (Å²) in [6, 6.07) is 11.0. The lowest BCUT2D eigenvalue weighted by Crippen LogP contribution is -2.39. The minimum absolute atomic E-state index is 0.117. The molecule has 4 atom stereocenters. The first-order chi connectivity index (χ1) is 18.2. The molecule has 1 aliphatic heterocycles. The first-order valence-corrected chi connectivity index (χ1v) is 12.5. The minimum atomic E-state index is -0.899. The molecule has 2 aromatic carbocycles. The Morgan fingerprint density at radius 2 is 1.76 bits per heavy atom. The molecular formula is C31H24FNO5. The van der Waals surface area contributed by atoms with Crippen LogP contribution in [0.3, 0.4) is 0 Å². The Kier molecular flexibility index (Phi) is 5.42. The van der Waals surface area contributed by atoms with Crippen molar-refractivity contribution in [2.75, 3.05) is 4.90 Å². The quantitative estimate of drug-likeness (QED) is 0.364. The highest BCUT2D eigenvalue weighted by molar-refractivity contribution is 6.25. The van der Waals surface area contributed by atoms with Crippen molar-refractivity contribution < 1.29 is 28.7 Å². The van der Waals surface area contributed by atoms with Gasteiger partial charge in [-0.1, -0.05) is 48.6 Å². The Balaban J connectivity index is 1.49. The van der Waals surface area contributed by atoms with E-state index in [1.807, 2.05) is 6.08 Å². The Morgan fingerprint density at radius 1 is 1.03 bits per heavy atom. The van der Waals surface area contributed by atoms with E-state index in [2.05, 4.69) is 6.58 Å². The van der Waals surface area contributed by atoms with Gasteiger partial charge in [0.1, 0.15) is 0 Å². The van der Waals surface area contributed by atoms with Crippen LogP contribution < -0.4 is 4.90 Å². The number of carbonyl (C=O) groups is 4. The van der Waals surface area contributed by atoms with E-state index in [0.29, 0.717) is 11.3 Å². The number of fused-ring (bicyclic) bond motifs is 3. The third-order valence-electron chi connectivity index (χ3n) is 8.28. The van der Waals surface area contributed by atoms with Gasteiger partial charge < -0.3 is 5.11 Å². The number of rotatable bonds is 3. The highest BCUT2D eigenvalue weighted by atomic mass is 19.1. The molecule has 6 rings (SSSR count). The Hall–Kier alpha value is -4.39. The van der Waals surface area contributed by atoms with Crippen LogP contribution in [0.1, 0.15) is 36.8 Å². The number of phenolic OH excluding ortho intramolecular Hbond substituents is 1. The molecule has 1 fully saturated rings. The molecule has 0 aromatic heterocycles. The molecule has 7 heteroatoms. The molecule has 1 saturated heterocycles. The largest absolute Gasteiger partial charge is 0.505 e. The van der Waals surface area contributed by atoms with Crippen LogP contribution in [0.2, 0.25) is 0 Å². The van der Waals surface area contributed by atoms with Crippen molar-refractivity contribution in [1.29, 1.82) is 0 Å². The Morgan fingerprint density at radius 3 is 2.47 bits per heavy atom. The molecule has 2 aromatic rings. The second kappa shape index (κ2) is 8.58. The zero-order chi connectivity index (χ0) is 26.9. The topological polar surface area (TPSA) is 91.8 Å². The summed E-state index contributed by atoms with van der Waals surface area (Å²) in [7, 11) is 0. The summed E-state index contributed by atoms with van der Waals surface area (Å²) in [5.41, 5.74) is 2.87. The lowest BCUT2D eigenvalue weighted by Gasteiger charge is -2.42. The maximum Gasteiger partial charge on any atom is 0.238 e. The predicted octanol–water partition coefficient (Wildman–Crippen LogP) is 4.81. The van der Waals surface area contributed by atoms with Gasteiger partial charge in [0.2, 0.25) is 11.8 Å². The van der Waals surface area contributed by atoms with Gasteiger partial charge in [-0.2, -0.15) is 0 Å². The first kappa shape index (κ1) is 24.0. The molecule has 0 spiro atoms. The number of carbonyl (C=O) groups excluding carboxylic acids is 4. The third kappa shape index (κ3) is 3.31. The van der Waals surface area contributed by atoms with E-state index in [-0.39, 0.29) is 58.5 Å². The number of hydrogen-bond donors (Lipinski definition) is 1. The number of ketones is 2. The molecule has 2 amide bonds. The van der Waals surface area contributed by atoms with Gasteiger partial charge in [-0.15, -0.1) is 0 Å². The van der Waals surface area contributed by atoms with Crippen LogP contribution in [0.4, 0.5) is 10.1 Å². The monoisotopic (exact) mass is 509 g/mol. The lowest BCUT2D eigenvalue weighted by molar-refractivity contribution is -0.123. The molecule has 4 unspecified atom stereocenters. The molecule has 6 nitrogen and oxygen atoms in total. The van der Waals surface area contributed by atoms with Crippen LogP contribution in [0.15, 0.2) is 83.5 Å².